The molecule has 0 unspecified atom stereocenters. The molecular formula is C13H16F2N2O4. The van der Waals surface area contributed by atoms with Gasteiger partial charge in [-0.1, -0.05) is 18.2 Å². The van der Waals surface area contributed by atoms with Gasteiger partial charge in [0, 0.05) is 0 Å². The van der Waals surface area contributed by atoms with E-state index in [9.17, 15) is 18.4 Å². The van der Waals surface area contributed by atoms with E-state index in [0.29, 0.717) is 0 Å². The van der Waals surface area contributed by atoms with Crippen molar-refractivity contribution < 1.29 is 27.8 Å². The molecule has 0 spiro atoms. The van der Waals surface area contributed by atoms with Crippen LogP contribution in [-0.2, 0) is 15.6 Å². The Hall–Kier alpha value is -2.38. The zero-order chi connectivity index (χ0) is 16.1. The molecule has 0 saturated carbocycles. The van der Waals surface area contributed by atoms with E-state index in [1.165, 1.54) is 12.1 Å². The van der Waals surface area contributed by atoms with E-state index < -0.39 is 29.5 Å². The molecule has 116 valence electrons. The van der Waals surface area contributed by atoms with Gasteiger partial charge in [0.15, 0.2) is 0 Å². The van der Waals surface area contributed by atoms with Gasteiger partial charge < -0.3 is 9.47 Å². The lowest BCUT2D eigenvalue weighted by atomic mass is 10.2. The van der Waals surface area contributed by atoms with Gasteiger partial charge in [-0.15, -0.1) is 0 Å². The minimum atomic E-state index is -3.82. The van der Waals surface area contributed by atoms with Crippen LogP contribution in [0.25, 0.3) is 0 Å². The first-order valence-corrected chi connectivity index (χ1v) is 6.01. The Bertz CT molecular complexity index is 501. The number of halogens is 2. The summed E-state index contributed by atoms with van der Waals surface area (Å²) < 4.78 is 35.9. The lowest BCUT2D eigenvalue weighted by molar-refractivity contribution is -0.208. The van der Waals surface area contributed by atoms with Crippen LogP contribution >= 0.6 is 0 Å². The van der Waals surface area contributed by atoms with Gasteiger partial charge >= 0.3 is 18.3 Å². The lowest BCUT2D eigenvalue weighted by Gasteiger charge is -2.20. The fourth-order valence-electron chi connectivity index (χ4n) is 1.24. The van der Waals surface area contributed by atoms with Gasteiger partial charge in [0.2, 0.25) is 0 Å². The highest BCUT2D eigenvalue weighted by molar-refractivity contribution is 5.74. The summed E-state index contributed by atoms with van der Waals surface area (Å²) in [4.78, 5) is 22.4. The second-order valence-corrected chi connectivity index (χ2v) is 5.02. The molecule has 0 fully saturated rings. The van der Waals surface area contributed by atoms with Gasteiger partial charge in [-0.25, -0.2) is 20.4 Å². The SMILES string of the molecule is CC(C)(C)OC(=O)NNC(=O)OC(F)(F)c1ccccc1. The Labute approximate surface area is 120 Å². The summed E-state index contributed by atoms with van der Waals surface area (Å²) in [5.74, 6) is 0. The molecule has 0 aliphatic rings. The number of benzene rings is 1. The summed E-state index contributed by atoms with van der Waals surface area (Å²) >= 11 is 0. The number of alkyl halides is 2. The van der Waals surface area contributed by atoms with E-state index in [1.807, 2.05) is 0 Å². The quantitative estimate of drug-likeness (QED) is 0.824. The zero-order valence-corrected chi connectivity index (χ0v) is 11.8. The Morgan fingerprint density at radius 2 is 1.43 bits per heavy atom. The summed E-state index contributed by atoms with van der Waals surface area (Å²) in [7, 11) is 0. The standard InChI is InChI=1S/C13H16F2N2O4/c1-12(2,3)20-10(18)16-17-11(19)21-13(14,15)9-7-5-4-6-8-9/h4-8H,1-3H3,(H,16,18)(H,17,19). The maximum absolute atomic E-state index is 13.6. The lowest BCUT2D eigenvalue weighted by Crippen LogP contribution is -2.45. The van der Waals surface area contributed by atoms with Gasteiger partial charge in [0.1, 0.15) is 5.60 Å². The highest BCUT2D eigenvalue weighted by Crippen LogP contribution is 2.28. The number of amides is 2. The van der Waals surface area contributed by atoms with E-state index in [0.717, 1.165) is 12.1 Å². The molecule has 0 heterocycles. The molecule has 0 saturated heterocycles. The molecule has 0 aliphatic heterocycles. The van der Waals surface area contributed by atoms with Crippen molar-refractivity contribution in [3.63, 3.8) is 0 Å². The van der Waals surface area contributed by atoms with Crippen molar-refractivity contribution in [2.75, 3.05) is 0 Å². The van der Waals surface area contributed by atoms with Crippen molar-refractivity contribution >= 4 is 12.2 Å². The number of rotatable bonds is 2. The Morgan fingerprint density at radius 1 is 0.952 bits per heavy atom. The Kier molecular flexibility index (Phi) is 5.07. The van der Waals surface area contributed by atoms with E-state index in [2.05, 4.69) is 4.74 Å². The predicted molar refractivity (Wildman–Crippen MR) is 69.3 cm³/mol. The third kappa shape index (κ3) is 6.07. The summed E-state index contributed by atoms with van der Waals surface area (Å²) in [6.45, 7) is 4.82. The van der Waals surface area contributed by atoms with Crippen LogP contribution in [0.2, 0.25) is 0 Å². The molecule has 1 rings (SSSR count). The van der Waals surface area contributed by atoms with Crippen molar-refractivity contribution in [1.29, 1.82) is 0 Å². The van der Waals surface area contributed by atoms with E-state index in [1.54, 1.807) is 37.7 Å². The molecule has 8 heteroatoms. The Balaban J connectivity index is 2.49. The molecule has 0 radical (unpaired) electrons. The molecular weight excluding hydrogens is 286 g/mol. The molecule has 0 bridgehead atoms. The largest absolute Gasteiger partial charge is 0.443 e. The van der Waals surface area contributed by atoms with E-state index in [-0.39, 0.29) is 0 Å². The van der Waals surface area contributed by atoms with Crippen LogP contribution in [-0.4, -0.2) is 17.8 Å². The first-order chi connectivity index (χ1) is 9.60. The smallest absolute Gasteiger partial charge is 0.431 e. The van der Waals surface area contributed by atoms with Crippen LogP contribution in [0, 0.1) is 0 Å². The third-order valence-corrected chi connectivity index (χ3v) is 2.00. The van der Waals surface area contributed by atoms with Gasteiger partial charge in [-0.3, -0.25) is 0 Å². The average Bonchev–Trinajstić information content (AvgIpc) is 2.35. The van der Waals surface area contributed by atoms with Crippen LogP contribution in [0.3, 0.4) is 0 Å². The molecule has 1 aromatic carbocycles. The minimum absolute atomic E-state index is 0.489. The molecule has 0 aliphatic carbocycles. The maximum atomic E-state index is 13.6. The van der Waals surface area contributed by atoms with Gasteiger partial charge in [-0.2, -0.15) is 8.78 Å². The number of carbonyl (C=O) groups is 2. The van der Waals surface area contributed by atoms with Crippen molar-refractivity contribution in [2.24, 2.45) is 0 Å². The maximum Gasteiger partial charge on any atom is 0.431 e. The average molecular weight is 302 g/mol. The molecule has 0 atom stereocenters. The van der Waals surface area contributed by atoms with Gasteiger partial charge in [0.25, 0.3) is 0 Å². The summed E-state index contributed by atoms with van der Waals surface area (Å²) in [5.41, 5.74) is 2.18. The second-order valence-electron chi connectivity index (χ2n) is 5.02. The predicted octanol–water partition coefficient (Wildman–Crippen LogP) is 2.90. The normalized spacial score (nSPS) is 11.5. The highest BCUT2D eigenvalue weighted by Gasteiger charge is 2.36. The molecule has 6 nitrogen and oxygen atoms in total. The first-order valence-electron chi connectivity index (χ1n) is 6.01. The fraction of sp³-hybridized carbons (Fsp3) is 0.385. The fourth-order valence-corrected chi connectivity index (χ4v) is 1.24. The van der Waals surface area contributed by atoms with Crippen LogP contribution in [0.5, 0.6) is 0 Å². The summed E-state index contributed by atoms with van der Waals surface area (Å²) in [5, 5.41) is 0. The number of nitrogens with one attached hydrogen (secondary N) is 2. The molecule has 0 aromatic heterocycles. The molecule has 21 heavy (non-hydrogen) atoms. The number of hydrogen-bond acceptors (Lipinski definition) is 4. The topological polar surface area (TPSA) is 76.7 Å². The van der Waals surface area contributed by atoms with Crippen molar-refractivity contribution in [3.8, 4) is 0 Å². The van der Waals surface area contributed by atoms with Crippen molar-refractivity contribution in [3.05, 3.63) is 35.9 Å². The molecule has 2 amide bonds. The van der Waals surface area contributed by atoms with Crippen molar-refractivity contribution in [1.82, 2.24) is 10.9 Å². The van der Waals surface area contributed by atoms with E-state index in [4.69, 9.17) is 4.74 Å². The third-order valence-electron chi connectivity index (χ3n) is 2.00. The number of hydrazine groups is 1. The summed E-state index contributed by atoms with van der Waals surface area (Å²) in [6, 6.07) is 6.51. The van der Waals surface area contributed by atoms with Crippen LogP contribution in [0.4, 0.5) is 18.4 Å². The molecule has 1 aromatic rings. The van der Waals surface area contributed by atoms with Crippen molar-refractivity contribution in [2.45, 2.75) is 32.5 Å². The van der Waals surface area contributed by atoms with Crippen LogP contribution < -0.4 is 10.9 Å². The highest BCUT2D eigenvalue weighted by atomic mass is 19.3. The van der Waals surface area contributed by atoms with Crippen LogP contribution in [0.1, 0.15) is 26.3 Å². The zero-order valence-electron chi connectivity index (χ0n) is 11.8. The summed E-state index contributed by atoms with van der Waals surface area (Å²) in [6.07, 6.45) is -6.33. The van der Waals surface area contributed by atoms with E-state index >= 15 is 0 Å². The van der Waals surface area contributed by atoms with Gasteiger partial charge in [-0.05, 0) is 32.9 Å². The Morgan fingerprint density at radius 3 is 1.90 bits per heavy atom. The van der Waals surface area contributed by atoms with Crippen LogP contribution in [0.15, 0.2) is 30.3 Å². The number of carbonyl (C=O) groups excluding carboxylic acids is 2. The monoisotopic (exact) mass is 302 g/mol. The minimum Gasteiger partial charge on any atom is -0.443 e. The van der Waals surface area contributed by atoms with Gasteiger partial charge in [0.05, 0.1) is 5.56 Å². The molecule has 2 N–H and O–H groups in total. The second kappa shape index (κ2) is 6.38. The number of ether oxygens (including phenoxy) is 2. The first kappa shape index (κ1) is 16.7. The number of hydrogen-bond donors (Lipinski definition) is 2.